The number of amides is 1. The Kier molecular flexibility index (Phi) is 5.93. The van der Waals surface area contributed by atoms with E-state index in [1.165, 1.54) is 11.8 Å². The number of nitrogens with zero attached hydrogens (tertiary/aromatic N) is 2. The van der Waals surface area contributed by atoms with Crippen LogP contribution in [-0.4, -0.2) is 40.1 Å². The van der Waals surface area contributed by atoms with Crippen molar-refractivity contribution in [3.05, 3.63) is 35.7 Å². The molecule has 7 nitrogen and oxygen atoms in total. The maximum Gasteiger partial charge on any atom is 0.233 e. The molecule has 1 amide bonds. The topological polar surface area (TPSA) is 89.1 Å². The number of nitrogens with one attached hydrogen (secondary N) is 2. The molecule has 3 rings (SSSR count). The highest BCUT2D eigenvalue weighted by Crippen LogP contribution is 2.28. The number of methoxy groups -OCH3 is 1. The zero-order valence-electron chi connectivity index (χ0n) is 14.3. The van der Waals surface area contributed by atoms with Crippen molar-refractivity contribution in [2.45, 2.75) is 42.8 Å². The van der Waals surface area contributed by atoms with Crippen LogP contribution in [0.2, 0.25) is 0 Å². The fraction of sp³-hybridized carbons (Fsp3) is 0.471. The normalized spacial score (nSPS) is 18.1. The SMILES string of the molecule is COc1ccc(CNC(=O)[C@H](C)Sc2n[nH]c([C@@H]3CCCO3)n2)cc1. The van der Waals surface area contributed by atoms with Gasteiger partial charge in [0.2, 0.25) is 11.1 Å². The Hall–Kier alpha value is -2.06. The Morgan fingerprint density at radius 3 is 2.96 bits per heavy atom. The largest absolute Gasteiger partial charge is 0.497 e. The Labute approximate surface area is 150 Å². The summed E-state index contributed by atoms with van der Waals surface area (Å²) in [6, 6.07) is 7.61. The molecule has 25 heavy (non-hydrogen) atoms. The first kappa shape index (κ1) is 17.8. The van der Waals surface area contributed by atoms with Crippen LogP contribution in [0.15, 0.2) is 29.4 Å². The summed E-state index contributed by atoms with van der Waals surface area (Å²) in [6.45, 7) is 3.08. The number of thioether (sulfide) groups is 1. The molecule has 0 radical (unpaired) electrons. The molecule has 2 atom stereocenters. The lowest BCUT2D eigenvalue weighted by Gasteiger charge is -2.10. The molecule has 0 bridgehead atoms. The third-order valence-corrected chi connectivity index (χ3v) is 4.96. The minimum Gasteiger partial charge on any atom is -0.497 e. The van der Waals surface area contributed by atoms with Gasteiger partial charge in [0.1, 0.15) is 11.9 Å². The molecule has 1 aliphatic heterocycles. The van der Waals surface area contributed by atoms with Gasteiger partial charge in [-0.3, -0.25) is 9.89 Å². The smallest absolute Gasteiger partial charge is 0.233 e. The van der Waals surface area contributed by atoms with Crippen LogP contribution in [0, 0.1) is 0 Å². The van der Waals surface area contributed by atoms with Crippen LogP contribution in [-0.2, 0) is 16.1 Å². The van der Waals surface area contributed by atoms with Crippen molar-refractivity contribution in [2.75, 3.05) is 13.7 Å². The lowest BCUT2D eigenvalue weighted by atomic mass is 10.2. The zero-order chi connectivity index (χ0) is 17.6. The van der Waals surface area contributed by atoms with Gasteiger partial charge in [-0.05, 0) is 37.5 Å². The number of carbonyl (C=O) groups is 1. The summed E-state index contributed by atoms with van der Waals surface area (Å²) in [7, 11) is 1.63. The quantitative estimate of drug-likeness (QED) is 0.736. The summed E-state index contributed by atoms with van der Waals surface area (Å²) >= 11 is 1.33. The molecule has 2 heterocycles. The van der Waals surface area contributed by atoms with Gasteiger partial charge in [0.05, 0.1) is 12.4 Å². The second kappa shape index (κ2) is 8.35. The Balaban J connectivity index is 1.48. The molecule has 134 valence electrons. The summed E-state index contributed by atoms with van der Waals surface area (Å²) in [4.78, 5) is 16.7. The van der Waals surface area contributed by atoms with Gasteiger partial charge in [0.25, 0.3) is 0 Å². The Morgan fingerprint density at radius 1 is 1.48 bits per heavy atom. The number of rotatable bonds is 7. The average molecular weight is 362 g/mol. The summed E-state index contributed by atoms with van der Waals surface area (Å²) in [5.41, 5.74) is 1.02. The second-order valence-electron chi connectivity index (χ2n) is 5.83. The van der Waals surface area contributed by atoms with Crippen LogP contribution >= 0.6 is 11.8 Å². The number of aromatic amines is 1. The van der Waals surface area contributed by atoms with Crippen LogP contribution in [0.3, 0.4) is 0 Å². The number of aromatic nitrogens is 3. The van der Waals surface area contributed by atoms with E-state index in [0.717, 1.165) is 36.6 Å². The van der Waals surface area contributed by atoms with E-state index >= 15 is 0 Å². The number of ether oxygens (including phenoxy) is 2. The van der Waals surface area contributed by atoms with Crippen LogP contribution in [0.4, 0.5) is 0 Å². The summed E-state index contributed by atoms with van der Waals surface area (Å²) in [5, 5.41) is 10.3. The fourth-order valence-corrected chi connectivity index (χ4v) is 3.29. The Morgan fingerprint density at radius 2 is 2.28 bits per heavy atom. The third-order valence-electron chi connectivity index (χ3n) is 3.99. The van der Waals surface area contributed by atoms with Crippen LogP contribution in [0.1, 0.15) is 37.3 Å². The highest BCUT2D eigenvalue weighted by Gasteiger charge is 2.23. The van der Waals surface area contributed by atoms with E-state index in [1.807, 2.05) is 31.2 Å². The Bertz CT molecular complexity index is 698. The van der Waals surface area contributed by atoms with E-state index in [1.54, 1.807) is 7.11 Å². The first-order valence-corrected chi connectivity index (χ1v) is 9.15. The lowest BCUT2D eigenvalue weighted by Crippen LogP contribution is -2.30. The maximum atomic E-state index is 12.3. The molecule has 1 aromatic carbocycles. The average Bonchev–Trinajstić information content (AvgIpc) is 3.31. The van der Waals surface area contributed by atoms with Crippen LogP contribution < -0.4 is 10.1 Å². The summed E-state index contributed by atoms with van der Waals surface area (Å²) in [5.74, 6) is 1.49. The van der Waals surface area contributed by atoms with Gasteiger partial charge in [-0.1, -0.05) is 23.9 Å². The van der Waals surface area contributed by atoms with Gasteiger partial charge >= 0.3 is 0 Å². The van der Waals surface area contributed by atoms with Gasteiger partial charge in [-0.15, -0.1) is 5.10 Å². The van der Waals surface area contributed by atoms with Gasteiger partial charge in [0, 0.05) is 13.2 Å². The molecule has 8 heteroatoms. The number of benzene rings is 1. The van der Waals surface area contributed by atoms with E-state index < -0.39 is 0 Å². The summed E-state index contributed by atoms with van der Waals surface area (Å²) < 4.78 is 10.7. The molecule has 0 saturated carbocycles. The number of hydrogen-bond acceptors (Lipinski definition) is 6. The molecule has 1 aliphatic rings. The molecular formula is C17H22N4O3S. The number of carbonyl (C=O) groups excluding carboxylic acids is 1. The van der Waals surface area contributed by atoms with Gasteiger partial charge in [0.15, 0.2) is 5.82 Å². The number of H-pyrrole nitrogens is 1. The highest BCUT2D eigenvalue weighted by molar-refractivity contribution is 8.00. The molecule has 0 spiro atoms. The molecule has 2 N–H and O–H groups in total. The van der Waals surface area contributed by atoms with Crippen molar-refractivity contribution < 1.29 is 14.3 Å². The standard InChI is InChI=1S/C17H22N4O3S/c1-11(16(22)18-10-12-5-7-13(23-2)8-6-12)25-17-19-15(20-21-17)14-4-3-9-24-14/h5-8,11,14H,3-4,9-10H2,1-2H3,(H,18,22)(H,19,20,21)/t11-,14-/m0/s1. The van der Waals surface area contributed by atoms with Crippen molar-refractivity contribution in [3.8, 4) is 5.75 Å². The van der Waals surface area contributed by atoms with Crippen LogP contribution in [0.25, 0.3) is 0 Å². The zero-order valence-corrected chi connectivity index (χ0v) is 15.1. The van der Waals surface area contributed by atoms with Crippen molar-refractivity contribution in [2.24, 2.45) is 0 Å². The van der Waals surface area contributed by atoms with Gasteiger partial charge in [-0.2, -0.15) is 0 Å². The first-order chi connectivity index (χ1) is 12.2. The molecule has 0 aliphatic carbocycles. The monoisotopic (exact) mass is 362 g/mol. The van der Waals surface area contributed by atoms with Crippen molar-refractivity contribution in [1.82, 2.24) is 20.5 Å². The predicted molar refractivity (Wildman–Crippen MR) is 94.5 cm³/mol. The number of hydrogen-bond donors (Lipinski definition) is 2. The predicted octanol–water partition coefficient (Wildman–Crippen LogP) is 2.46. The fourth-order valence-electron chi connectivity index (χ4n) is 2.54. The lowest BCUT2D eigenvalue weighted by molar-refractivity contribution is -0.120. The molecule has 0 unspecified atom stereocenters. The maximum absolute atomic E-state index is 12.3. The first-order valence-electron chi connectivity index (χ1n) is 8.27. The van der Waals surface area contributed by atoms with E-state index in [4.69, 9.17) is 9.47 Å². The molecule has 1 saturated heterocycles. The minimum atomic E-state index is -0.286. The van der Waals surface area contributed by atoms with E-state index in [0.29, 0.717) is 11.7 Å². The highest BCUT2D eigenvalue weighted by atomic mass is 32.2. The van der Waals surface area contributed by atoms with E-state index in [-0.39, 0.29) is 17.3 Å². The van der Waals surface area contributed by atoms with Crippen molar-refractivity contribution >= 4 is 17.7 Å². The van der Waals surface area contributed by atoms with E-state index in [9.17, 15) is 4.79 Å². The molecule has 1 fully saturated rings. The van der Waals surface area contributed by atoms with E-state index in [2.05, 4.69) is 20.5 Å². The van der Waals surface area contributed by atoms with Crippen molar-refractivity contribution in [3.63, 3.8) is 0 Å². The van der Waals surface area contributed by atoms with Gasteiger partial charge in [-0.25, -0.2) is 4.98 Å². The molecule has 1 aromatic heterocycles. The molecular weight excluding hydrogens is 340 g/mol. The van der Waals surface area contributed by atoms with Gasteiger partial charge < -0.3 is 14.8 Å². The second-order valence-corrected chi connectivity index (χ2v) is 7.14. The van der Waals surface area contributed by atoms with Crippen molar-refractivity contribution in [1.29, 1.82) is 0 Å². The van der Waals surface area contributed by atoms with Crippen LogP contribution in [0.5, 0.6) is 5.75 Å². The molecule has 2 aromatic rings. The summed E-state index contributed by atoms with van der Waals surface area (Å²) in [6.07, 6.45) is 2.00. The third kappa shape index (κ3) is 4.73. The minimum absolute atomic E-state index is 0.000977.